The van der Waals surface area contributed by atoms with Gasteiger partial charge in [-0.2, -0.15) is 0 Å². The van der Waals surface area contributed by atoms with Crippen LogP contribution in [0.1, 0.15) is 37.6 Å². The maximum atomic E-state index is 12.2. The number of hydrogen-bond acceptors (Lipinski definition) is 4. The molecule has 126 valence electrons. The summed E-state index contributed by atoms with van der Waals surface area (Å²) in [5.41, 5.74) is 5.45. The number of benzene rings is 1. The van der Waals surface area contributed by atoms with Gasteiger partial charge < -0.3 is 15.8 Å². The Balaban J connectivity index is 2.81. The number of hydrogen-bond donors (Lipinski definition) is 2. The number of amides is 2. The molecule has 1 rings (SSSR count). The highest BCUT2D eigenvalue weighted by Crippen LogP contribution is 2.12. The second-order valence-electron chi connectivity index (χ2n) is 5.64. The molecule has 3 N–H and O–H groups in total. The largest absolute Gasteiger partial charge is 0.451 e. The molecule has 0 spiro atoms. The third-order valence-electron chi connectivity index (χ3n) is 3.10. The second-order valence-corrected chi connectivity index (χ2v) is 6.08. The molecule has 6 nitrogen and oxygen atoms in total. The van der Waals surface area contributed by atoms with Crippen LogP contribution < -0.4 is 11.1 Å². The minimum absolute atomic E-state index is 0.141. The van der Waals surface area contributed by atoms with Gasteiger partial charge in [0.2, 0.25) is 0 Å². The van der Waals surface area contributed by atoms with Crippen LogP contribution in [0, 0.1) is 5.92 Å². The standard InChI is InChI=1S/C16H21ClN2O4/c1-9(2)8-13(16(22)23-10(3)14(18)20)19-15(21)11-4-6-12(17)7-5-11/h4-7,9-10,13H,8H2,1-3H3,(H2,18,20)(H,19,21)/t10-,13-/m1/s1. The van der Waals surface area contributed by atoms with Crippen molar-refractivity contribution in [1.29, 1.82) is 0 Å². The van der Waals surface area contributed by atoms with E-state index in [0.29, 0.717) is 17.0 Å². The van der Waals surface area contributed by atoms with Crippen molar-refractivity contribution in [3.63, 3.8) is 0 Å². The van der Waals surface area contributed by atoms with Crippen molar-refractivity contribution in [2.24, 2.45) is 11.7 Å². The molecule has 0 aliphatic rings. The van der Waals surface area contributed by atoms with Crippen LogP contribution in [0.2, 0.25) is 5.02 Å². The van der Waals surface area contributed by atoms with E-state index < -0.39 is 29.9 Å². The molecule has 7 heteroatoms. The number of halogens is 1. The summed E-state index contributed by atoms with van der Waals surface area (Å²) in [5.74, 6) is -1.71. The first-order valence-corrected chi connectivity index (χ1v) is 7.64. The summed E-state index contributed by atoms with van der Waals surface area (Å²) in [7, 11) is 0. The Hall–Kier alpha value is -2.08. The zero-order chi connectivity index (χ0) is 17.6. The lowest BCUT2D eigenvalue weighted by atomic mass is 10.0. The minimum atomic E-state index is -1.05. The zero-order valence-electron chi connectivity index (χ0n) is 13.3. The molecule has 1 aromatic rings. The lowest BCUT2D eigenvalue weighted by molar-refractivity contribution is -0.156. The van der Waals surface area contributed by atoms with Gasteiger partial charge in [0.25, 0.3) is 11.8 Å². The lowest BCUT2D eigenvalue weighted by Crippen LogP contribution is -2.45. The van der Waals surface area contributed by atoms with Gasteiger partial charge in [0, 0.05) is 10.6 Å². The van der Waals surface area contributed by atoms with E-state index >= 15 is 0 Å². The van der Waals surface area contributed by atoms with Crippen molar-refractivity contribution in [1.82, 2.24) is 5.32 Å². The molecule has 0 radical (unpaired) electrons. The van der Waals surface area contributed by atoms with Crippen LogP contribution in [0.15, 0.2) is 24.3 Å². The van der Waals surface area contributed by atoms with Gasteiger partial charge in [-0.3, -0.25) is 9.59 Å². The Morgan fingerprint density at radius 3 is 2.22 bits per heavy atom. The lowest BCUT2D eigenvalue weighted by Gasteiger charge is -2.21. The molecule has 0 saturated heterocycles. The van der Waals surface area contributed by atoms with Gasteiger partial charge in [-0.15, -0.1) is 0 Å². The normalized spacial score (nSPS) is 13.3. The van der Waals surface area contributed by atoms with Crippen LogP contribution in [0.3, 0.4) is 0 Å². The van der Waals surface area contributed by atoms with Gasteiger partial charge >= 0.3 is 5.97 Å². The molecule has 0 heterocycles. The number of ether oxygens (including phenoxy) is 1. The van der Waals surface area contributed by atoms with Crippen LogP contribution in [0.4, 0.5) is 0 Å². The highest BCUT2D eigenvalue weighted by Gasteiger charge is 2.26. The molecule has 0 saturated carbocycles. The average Bonchev–Trinajstić information content (AvgIpc) is 2.46. The third kappa shape index (κ3) is 6.28. The van der Waals surface area contributed by atoms with Gasteiger partial charge in [0.1, 0.15) is 6.04 Å². The first-order chi connectivity index (χ1) is 10.7. The van der Waals surface area contributed by atoms with E-state index in [2.05, 4.69) is 5.32 Å². The van der Waals surface area contributed by atoms with E-state index in [1.54, 1.807) is 24.3 Å². The molecule has 1 aromatic carbocycles. The summed E-state index contributed by atoms with van der Waals surface area (Å²) in [6.45, 7) is 5.20. The molecular weight excluding hydrogens is 320 g/mol. The number of nitrogens with two attached hydrogens (primary N) is 1. The molecule has 23 heavy (non-hydrogen) atoms. The van der Waals surface area contributed by atoms with Crippen molar-refractivity contribution in [2.75, 3.05) is 0 Å². The van der Waals surface area contributed by atoms with Crippen LogP contribution >= 0.6 is 11.6 Å². The molecule has 0 bridgehead atoms. The van der Waals surface area contributed by atoms with Gasteiger partial charge in [-0.05, 0) is 43.5 Å². The van der Waals surface area contributed by atoms with Crippen molar-refractivity contribution in [2.45, 2.75) is 39.3 Å². The molecule has 0 aromatic heterocycles. The van der Waals surface area contributed by atoms with Crippen molar-refractivity contribution in [3.05, 3.63) is 34.9 Å². The van der Waals surface area contributed by atoms with Crippen LogP contribution in [0.25, 0.3) is 0 Å². The van der Waals surface area contributed by atoms with Crippen molar-refractivity contribution >= 4 is 29.4 Å². The third-order valence-corrected chi connectivity index (χ3v) is 3.35. The maximum absolute atomic E-state index is 12.2. The zero-order valence-corrected chi connectivity index (χ0v) is 14.1. The number of nitrogens with one attached hydrogen (secondary N) is 1. The van der Waals surface area contributed by atoms with Gasteiger partial charge in [0.15, 0.2) is 6.10 Å². The molecular formula is C16H21ClN2O4. The highest BCUT2D eigenvalue weighted by molar-refractivity contribution is 6.30. The number of rotatable bonds is 7. The smallest absolute Gasteiger partial charge is 0.329 e. The summed E-state index contributed by atoms with van der Waals surface area (Å²) >= 11 is 5.78. The van der Waals surface area contributed by atoms with Crippen molar-refractivity contribution < 1.29 is 19.1 Å². The van der Waals surface area contributed by atoms with E-state index in [1.807, 2.05) is 13.8 Å². The first-order valence-electron chi connectivity index (χ1n) is 7.27. The summed E-state index contributed by atoms with van der Waals surface area (Å²) in [6.07, 6.45) is -0.673. The Morgan fingerprint density at radius 2 is 1.74 bits per heavy atom. The molecule has 0 aliphatic heterocycles. The Morgan fingerprint density at radius 1 is 1.17 bits per heavy atom. The monoisotopic (exact) mass is 340 g/mol. The van der Waals surface area contributed by atoms with E-state index in [0.717, 1.165) is 0 Å². The molecule has 2 amide bonds. The topological polar surface area (TPSA) is 98.5 Å². The molecule has 0 fully saturated rings. The number of esters is 1. The first kappa shape index (κ1) is 19.0. The quantitative estimate of drug-likeness (QED) is 0.740. The van der Waals surface area contributed by atoms with E-state index in [1.165, 1.54) is 6.92 Å². The van der Waals surface area contributed by atoms with Gasteiger partial charge in [-0.1, -0.05) is 25.4 Å². The molecule has 2 atom stereocenters. The summed E-state index contributed by atoms with van der Waals surface area (Å²) in [5, 5.41) is 3.13. The Labute approximate surface area is 140 Å². The molecule has 0 aliphatic carbocycles. The van der Waals surface area contributed by atoms with Crippen LogP contribution in [0.5, 0.6) is 0 Å². The SMILES string of the molecule is CC(C)C[C@@H](NC(=O)c1ccc(Cl)cc1)C(=O)O[C@H](C)C(N)=O. The second kappa shape index (κ2) is 8.53. The van der Waals surface area contributed by atoms with E-state index in [-0.39, 0.29) is 5.92 Å². The van der Waals surface area contributed by atoms with Gasteiger partial charge in [0.05, 0.1) is 0 Å². The van der Waals surface area contributed by atoms with Gasteiger partial charge in [-0.25, -0.2) is 4.79 Å². The predicted octanol–water partition coefficient (Wildman–Crippen LogP) is 1.90. The average molecular weight is 341 g/mol. The van der Waals surface area contributed by atoms with Crippen LogP contribution in [-0.2, 0) is 14.3 Å². The summed E-state index contributed by atoms with van der Waals surface area (Å²) < 4.78 is 4.98. The fourth-order valence-electron chi connectivity index (χ4n) is 1.84. The van der Waals surface area contributed by atoms with Crippen molar-refractivity contribution in [3.8, 4) is 0 Å². The maximum Gasteiger partial charge on any atom is 0.329 e. The summed E-state index contributed by atoms with van der Waals surface area (Å²) in [4.78, 5) is 35.4. The number of primary amides is 1. The fourth-order valence-corrected chi connectivity index (χ4v) is 1.97. The number of carbonyl (C=O) groups is 3. The van der Waals surface area contributed by atoms with Crippen LogP contribution in [-0.4, -0.2) is 29.9 Å². The Kier molecular flexibility index (Phi) is 7.03. The van der Waals surface area contributed by atoms with E-state index in [9.17, 15) is 14.4 Å². The minimum Gasteiger partial charge on any atom is -0.451 e. The highest BCUT2D eigenvalue weighted by atomic mass is 35.5. The fraction of sp³-hybridized carbons (Fsp3) is 0.438. The number of carbonyl (C=O) groups excluding carboxylic acids is 3. The Bertz CT molecular complexity index is 572. The van der Waals surface area contributed by atoms with E-state index in [4.69, 9.17) is 22.1 Å². The summed E-state index contributed by atoms with van der Waals surface area (Å²) in [6, 6.07) is 5.42. The molecule has 0 unspecified atom stereocenters. The predicted molar refractivity (Wildman–Crippen MR) is 86.9 cm³/mol.